The molecule has 98 valence electrons. The van der Waals surface area contributed by atoms with Gasteiger partial charge in [0.2, 0.25) is 0 Å². The third-order valence-corrected chi connectivity index (χ3v) is 2.99. The first-order chi connectivity index (χ1) is 8.49. The molecule has 0 aromatic heterocycles. The van der Waals surface area contributed by atoms with Gasteiger partial charge in [0.25, 0.3) is 5.91 Å². The molecule has 0 heterocycles. The van der Waals surface area contributed by atoms with Crippen LogP contribution in [-0.4, -0.2) is 25.0 Å². The standard InChI is InChI=1S/C12H13BrFNO3/c1-3-10(12(17)18-2)15-11(16)7-4-5-9(14)8(13)6-7/h4-6,10H,3H2,1-2H3,(H,15,16)/t10-/m1/s1. The van der Waals surface area contributed by atoms with Crippen molar-refractivity contribution in [3.05, 3.63) is 34.1 Å². The van der Waals surface area contributed by atoms with Gasteiger partial charge in [-0.1, -0.05) is 6.92 Å². The summed E-state index contributed by atoms with van der Waals surface area (Å²) in [6.45, 7) is 1.75. The van der Waals surface area contributed by atoms with Crippen LogP contribution in [0.1, 0.15) is 23.7 Å². The molecule has 1 aromatic carbocycles. The molecular formula is C12H13BrFNO3. The van der Waals surface area contributed by atoms with E-state index in [1.165, 1.54) is 25.3 Å². The number of methoxy groups -OCH3 is 1. The van der Waals surface area contributed by atoms with Gasteiger partial charge in [0.05, 0.1) is 11.6 Å². The average Bonchev–Trinajstić information content (AvgIpc) is 2.37. The van der Waals surface area contributed by atoms with Gasteiger partial charge in [-0.25, -0.2) is 9.18 Å². The number of amides is 1. The Kier molecular flexibility index (Phi) is 5.27. The van der Waals surface area contributed by atoms with Gasteiger partial charge in [0.1, 0.15) is 11.9 Å². The molecule has 0 fully saturated rings. The van der Waals surface area contributed by atoms with Crippen LogP contribution in [0.4, 0.5) is 4.39 Å². The van der Waals surface area contributed by atoms with Crippen molar-refractivity contribution in [3.63, 3.8) is 0 Å². The summed E-state index contributed by atoms with van der Waals surface area (Å²) in [5.74, 6) is -1.41. The fourth-order valence-corrected chi connectivity index (χ4v) is 1.73. The molecule has 4 nitrogen and oxygen atoms in total. The third kappa shape index (κ3) is 3.53. The summed E-state index contributed by atoms with van der Waals surface area (Å²) < 4.78 is 17.8. The van der Waals surface area contributed by atoms with Crippen LogP contribution in [0.25, 0.3) is 0 Å². The zero-order chi connectivity index (χ0) is 13.7. The van der Waals surface area contributed by atoms with Crippen molar-refractivity contribution in [2.24, 2.45) is 0 Å². The zero-order valence-corrected chi connectivity index (χ0v) is 11.6. The van der Waals surface area contributed by atoms with E-state index >= 15 is 0 Å². The first-order valence-corrected chi connectivity index (χ1v) is 6.12. The van der Waals surface area contributed by atoms with Crippen molar-refractivity contribution < 1.29 is 18.7 Å². The van der Waals surface area contributed by atoms with Crippen molar-refractivity contribution in [2.75, 3.05) is 7.11 Å². The summed E-state index contributed by atoms with van der Waals surface area (Å²) >= 11 is 2.99. The summed E-state index contributed by atoms with van der Waals surface area (Å²) in [5.41, 5.74) is 0.269. The first kappa shape index (κ1) is 14.6. The first-order valence-electron chi connectivity index (χ1n) is 5.33. The van der Waals surface area contributed by atoms with E-state index in [-0.39, 0.29) is 10.0 Å². The lowest BCUT2D eigenvalue weighted by atomic mass is 10.1. The van der Waals surface area contributed by atoms with Gasteiger partial charge in [0, 0.05) is 5.56 Å². The van der Waals surface area contributed by atoms with Crippen molar-refractivity contribution in [3.8, 4) is 0 Å². The maximum atomic E-state index is 13.0. The second-order valence-corrected chi connectivity index (χ2v) is 4.44. The fraction of sp³-hybridized carbons (Fsp3) is 0.333. The molecule has 0 aliphatic rings. The van der Waals surface area contributed by atoms with Crippen molar-refractivity contribution >= 4 is 27.8 Å². The predicted molar refractivity (Wildman–Crippen MR) is 67.7 cm³/mol. The molecule has 18 heavy (non-hydrogen) atoms. The van der Waals surface area contributed by atoms with E-state index in [9.17, 15) is 14.0 Å². The molecular weight excluding hydrogens is 305 g/mol. The fourth-order valence-electron chi connectivity index (χ4n) is 1.35. The van der Waals surface area contributed by atoms with Crippen LogP contribution in [0.5, 0.6) is 0 Å². The van der Waals surface area contributed by atoms with E-state index in [4.69, 9.17) is 0 Å². The molecule has 6 heteroatoms. The van der Waals surface area contributed by atoms with Gasteiger partial charge in [-0.3, -0.25) is 4.79 Å². The van der Waals surface area contributed by atoms with E-state index < -0.39 is 23.7 Å². The summed E-state index contributed by atoms with van der Waals surface area (Å²) in [7, 11) is 1.26. The molecule has 1 atom stereocenters. The molecule has 1 amide bonds. The number of carbonyl (C=O) groups is 2. The summed E-state index contributed by atoms with van der Waals surface area (Å²) in [4.78, 5) is 23.2. The number of esters is 1. The molecule has 1 rings (SSSR count). The Morgan fingerprint density at radius 2 is 2.17 bits per heavy atom. The highest BCUT2D eigenvalue weighted by atomic mass is 79.9. The molecule has 0 saturated heterocycles. The normalized spacial score (nSPS) is 11.8. The minimum atomic E-state index is -0.702. The molecule has 0 aliphatic heterocycles. The maximum absolute atomic E-state index is 13.0. The number of nitrogens with one attached hydrogen (secondary N) is 1. The second-order valence-electron chi connectivity index (χ2n) is 3.59. The lowest BCUT2D eigenvalue weighted by Gasteiger charge is -2.14. The van der Waals surface area contributed by atoms with Gasteiger partial charge in [-0.15, -0.1) is 0 Å². The van der Waals surface area contributed by atoms with E-state index in [1.807, 2.05) is 0 Å². The maximum Gasteiger partial charge on any atom is 0.328 e. The topological polar surface area (TPSA) is 55.4 Å². The molecule has 0 radical (unpaired) electrons. The Morgan fingerprint density at radius 1 is 1.50 bits per heavy atom. The second kappa shape index (κ2) is 6.49. The van der Waals surface area contributed by atoms with E-state index in [0.717, 1.165) is 0 Å². The van der Waals surface area contributed by atoms with Crippen LogP contribution in [0.2, 0.25) is 0 Å². The SMILES string of the molecule is CC[C@@H](NC(=O)c1ccc(F)c(Br)c1)C(=O)OC. The van der Waals surface area contributed by atoms with Gasteiger partial charge in [0.15, 0.2) is 0 Å². The van der Waals surface area contributed by atoms with Crippen LogP contribution < -0.4 is 5.32 Å². The van der Waals surface area contributed by atoms with Gasteiger partial charge in [-0.2, -0.15) is 0 Å². The number of ether oxygens (including phenoxy) is 1. The van der Waals surface area contributed by atoms with E-state index in [2.05, 4.69) is 26.0 Å². The molecule has 0 spiro atoms. The van der Waals surface area contributed by atoms with Crippen molar-refractivity contribution in [1.29, 1.82) is 0 Å². The Morgan fingerprint density at radius 3 is 2.67 bits per heavy atom. The quantitative estimate of drug-likeness (QED) is 0.867. The monoisotopic (exact) mass is 317 g/mol. The smallest absolute Gasteiger partial charge is 0.328 e. The summed E-state index contributed by atoms with van der Waals surface area (Å²) in [6, 6.07) is 3.18. The Labute approximate surface area is 113 Å². The highest BCUT2D eigenvalue weighted by Gasteiger charge is 2.20. The third-order valence-electron chi connectivity index (χ3n) is 2.38. The predicted octanol–water partition coefficient (Wildman–Crippen LogP) is 2.27. The van der Waals surface area contributed by atoms with Gasteiger partial charge in [-0.05, 0) is 40.5 Å². The molecule has 0 unspecified atom stereocenters. The van der Waals surface area contributed by atoms with E-state index in [0.29, 0.717) is 6.42 Å². The van der Waals surface area contributed by atoms with Crippen LogP contribution in [0, 0.1) is 5.82 Å². The number of hydrogen-bond acceptors (Lipinski definition) is 3. The number of rotatable bonds is 4. The van der Waals surface area contributed by atoms with Crippen LogP contribution in [0.15, 0.2) is 22.7 Å². The number of hydrogen-bond donors (Lipinski definition) is 1. The molecule has 1 aromatic rings. The minimum Gasteiger partial charge on any atom is -0.467 e. The lowest BCUT2D eigenvalue weighted by molar-refractivity contribution is -0.142. The highest BCUT2D eigenvalue weighted by Crippen LogP contribution is 2.16. The van der Waals surface area contributed by atoms with Gasteiger partial charge < -0.3 is 10.1 Å². The Bertz CT molecular complexity index is 465. The summed E-state index contributed by atoms with van der Waals surface area (Å²) in [6.07, 6.45) is 0.417. The molecule has 0 saturated carbocycles. The Balaban J connectivity index is 2.81. The van der Waals surface area contributed by atoms with Crippen LogP contribution in [0.3, 0.4) is 0 Å². The van der Waals surface area contributed by atoms with E-state index in [1.54, 1.807) is 6.92 Å². The van der Waals surface area contributed by atoms with Gasteiger partial charge >= 0.3 is 5.97 Å². The average molecular weight is 318 g/mol. The largest absolute Gasteiger partial charge is 0.467 e. The number of halogens is 2. The molecule has 1 N–H and O–H groups in total. The number of benzene rings is 1. The summed E-state index contributed by atoms with van der Waals surface area (Å²) in [5, 5.41) is 2.52. The molecule has 0 aliphatic carbocycles. The Hall–Kier alpha value is -1.43. The number of carbonyl (C=O) groups excluding carboxylic acids is 2. The van der Waals surface area contributed by atoms with Crippen LogP contribution >= 0.6 is 15.9 Å². The minimum absolute atomic E-state index is 0.196. The van der Waals surface area contributed by atoms with Crippen molar-refractivity contribution in [1.82, 2.24) is 5.32 Å². The van der Waals surface area contributed by atoms with Crippen LogP contribution in [-0.2, 0) is 9.53 Å². The lowest BCUT2D eigenvalue weighted by Crippen LogP contribution is -2.41. The molecule has 0 bridgehead atoms. The highest BCUT2D eigenvalue weighted by molar-refractivity contribution is 9.10. The zero-order valence-electron chi connectivity index (χ0n) is 10.00. The van der Waals surface area contributed by atoms with Crippen molar-refractivity contribution in [2.45, 2.75) is 19.4 Å².